The third-order valence-corrected chi connectivity index (χ3v) is 1.51. The van der Waals surface area contributed by atoms with E-state index in [1.54, 1.807) is 25.1 Å². The van der Waals surface area contributed by atoms with Crippen LogP contribution in [0, 0.1) is 5.41 Å². The zero-order chi connectivity index (χ0) is 9.56. The van der Waals surface area contributed by atoms with Crippen molar-refractivity contribution < 1.29 is 4.74 Å². The summed E-state index contributed by atoms with van der Waals surface area (Å²) in [5.74, 6) is 0. The lowest BCUT2D eigenvalue weighted by molar-refractivity contribution is 0.188. The quantitative estimate of drug-likeness (QED) is 0.397. The summed E-state index contributed by atoms with van der Waals surface area (Å²) in [6.45, 7) is 5.73. The normalized spacial score (nSPS) is 11.9. The molecule has 0 radical (unpaired) electrons. The Kier molecular flexibility index (Phi) is 5.17. The van der Waals surface area contributed by atoms with Gasteiger partial charge in [0, 0.05) is 14.1 Å². The van der Waals surface area contributed by atoms with Gasteiger partial charge < -0.3 is 9.64 Å². The van der Waals surface area contributed by atoms with E-state index in [4.69, 9.17) is 10.1 Å². The lowest BCUT2D eigenvalue weighted by Crippen LogP contribution is -2.27. The number of amidine groups is 1. The molecule has 0 bridgehead atoms. The van der Waals surface area contributed by atoms with Crippen LogP contribution in [0.15, 0.2) is 12.7 Å². The van der Waals surface area contributed by atoms with Crippen LogP contribution in [-0.4, -0.2) is 31.1 Å². The highest BCUT2D eigenvalue weighted by molar-refractivity contribution is 5.69. The van der Waals surface area contributed by atoms with E-state index >= 15 is 0 Å². The van der Waals surface area contributed by atoms with E-state index < -0.39 is 0 Å². The van der Waals surface area contributed by atoms with Gasteiger partial charge in [0.2, 0.25) is 0 Å². The highest BCUT2D eigenvalue weighted by Crippen LogP contribution is 2.03. The molecule has 12 heavy (non-hydrogen) atoms. The van der Waals surface area contributed by atoms with Gasteiger partial charge in [-0.2, -0.15) is 0 Å². The van der Waals surface area contributed by atoms with Gasteiger partial charge in [0.15, 0.2) is 0 Å². The Morgan fingerprint density at radius 1 is 1.67 bits per heavy atom. The van der Waals surface area contributed by atoms with Gasteiger partial charge in [0.25, 0.3) is 6.02 Å². The molecule has 0 fully saturated rings. The lowest BCUT2D eigenvalue weighted by atomic mass is 10.2. The molecule has 3 heteroatoms. The monoisotopic (exact) mass is 170 g/mol. The van der Waals surface area contributed by atoms with Crippen LogP contribution in [0.1, 0.15) is 19.8 Å². The molecule has 0 aliphatic carbocycles. The molecule has 0 heterocycles. The van der Waals surface area contributed by atoms with Crippen LogP contribution in [0.25, 0.3) is 0 Å². The zero-order valence-electron chi connectivity index (χ0n) is 8.13. The molecule has 0 aromatic carbocycles. The molecular formula is C9H18N2O. The van der Waals surface area contributed by atoms with E-state index in [9.17, 15) is 0 Å². The highest BCUT2D eigenvalue weighted by atomic mass is 16.5. The van der Waals surface area contributed by atoms with Gasteiger partial charge in [-0.3, -0.25) is 5.41 Å². The predicted molar refractivity (Wildman–Crippen MR) is 51.4 cm³/mol. The molecule has 1 N–H and O–H groups in total. The van der Waals surface area contributed by atoms with Crippen molar-refractivity contribution in [2.45, 2.75) is 25.9 Å². The molecule has 0 spiro atoms. The first-order valence-electron chi connectivity index (χ1n) is 4.16. The van der Waals surface area contributed by atoms with Crippen LogP contribution >= 0.6 is 0 Å². The first-order valence-corrected chi connectivity index (χ1v) is 4.16. The fraction of sp³-hybridized carbons (Fsp3) is 0.667. The first kappa shape index (κ1) is 11.0. The lowest BCUT2D eigenvalue weighted by Gasteiger charge is -2.19. The summed E-state index contributed by atoms with van der Waals surface area (Å²) < 4.78 is 5.29. The van der Waals surface area contributed by atoms with Crippen LogP contribution in [0.4, 0.5) is 0 Å². The topological polar surface area (TPSA) is 36.3 Å². The summed E-state index contributed by atoms with van der Waals surface area (Å²) in [6.07, 6.45) is 3.67. The van der Waals surface area contributed by atoms with Crippen molar-refractivity contribution in [3.8, 4) is 0 Å². The van der Waals surface area contributed by atoms with Gasteiger partial charge in [0.1, 0.15) is 6.10 Å². The second kappa shape index (κ2) is 5.63. The van der Waals surface area contributed by atoms with Gasteiger partial charge in [-0.1, -0.05) is 26.0 Å². The van der Waals surface area contributed by atoms with Gasteiger partial charge in [0.05, 0.1) is 0 Å². The van der Waals surface area contributed by atoms with E-state index in [2.05, 4.69) is 13.5 Å². The summed E-state index contributed by atoms with van der Waals surface area (Å²) in [7, 11) is 3.57. The molecule has 3 nitrogen and oxygen atoms in total. The number of nitrogens with one attached hydrogen (secondary N) is 1. The molecule has 0 aliphatic rings. The van der Waals surface area contributed by atoms with Crippen molar-refractivity contribution in [3.63, 3.8) is 0 Å². The van der Waals surface area contributed by atoms with Crippen molar-refractivity contribution in [2.75, 3.05) is 14.1 Å². The minimum absolute atomic E-state index is 0.0232. The maximum atomic E-state index is 7.41. The fourth-order valence-corrected chi connectivity index (χ4v) is 0.758. The van der Waals surface area contributed by atoms with E-state index in [0.29, 0.717) is 0 Å². The van der Waals surface area contributed by atoms with E-state index in [-0.39, 0.29) is 12.1 Å². The molecule has 0 aromatic heterocycles. The van der Waals surface area contributed by atoms with Crippen molar-refractivity contribution >= 4 is 6.02 Å². The minimum Gasteiger partial charge on any atom is -0.458 e. The number of rotatable bonds is 4. The Bertz CT molecular complexity index is 155. The summed E-state index contributed by atoms with van der Waals surface area (Å²) in [5.41, 5.74) is 0. The zero-order valence-corrected chi connectivity index (χ0v) is 8.13. The number of ether oxygens (including phenoxy) is 1. The van der Waals surface area contributed by atoms with Crippen LogP contribution in [0.2, 0.25) is 0 Å². The average molecular weight is 170 g/mol. The van der Waals surface area contributed by atoms with Gasteiger partial charge >= 0.3 is 0 Å². The Morgan fingerprint density at radius 2 is 2.25 bits per heavy atom. The predicted octanol–water partition coefficient (Wildman–Crippen LogP) is 1.85. The maximum Gasteiger partial charge on any atom is 0.284 e. The van der Waals surface area contributed by atoms with Crippen molar-refractivity contribution in [2.24, 2.45) is 0 Å². The Hall–Kier alpha value is -0.990. The Balaban J connectivity index is 3.85. The summed E-state index contributed by atoms with van der Waals surface area (Å²) in [6, 6.07) is 0.188. The molecule has 0 aliphatic heterocycles. The molecule has 1 unspecified atom stereocenters. The van der Waals surface area contributed by atoms with E-state index in [1.165, 1.54) is 0 Å². The summed E-state index contributed by atoms with van der Waals surface area (Å²) >= 11 is 0. The average Bonchev–Trinajstić information content (AvgIpc) is 2.03. The number of nitrogens with zero attached hydrogens (tertiary/aromatic N) is 1. The van der Waals surface area contributed by atoms with Gasteiger partial charge in [-0.25, -0.2) is 0 Å². The number of hydrogen-bond donors (Lipinski definition) is 1. The third-order valence-electron chi connectivity index (χ3n) is 1.51. The van der Waals surface area contributed by atoms with Crippen molar-refractivity contribution in [3.05, 3.63) is 12.7 Å². The fourth-order valence-electron chi connectivity index (χ4n) is 0.758. The summed E-state index contributed by atoms with van der Waals surface area (Å²) in [4.78, 5) is 1.63. The largest absolute Gasteiger partial charge is 0.458 e. The molecule has 0 rings (SSSR count). The van der Waals surface area contributed by atoms with Crippen LogP contribution in [0.5, 0.6) is 0 Å². The second-order valence-electron chi connectivity index (χ2n) is 2.88. The summed E-state index contributed by atoms with van der Waals surface area (Å²) in [5, 5.41) is 7.41. The maximum absolute atomic E-state index is 7.41. The minimum atomic E-state index is -0.0232. The molecule has 0 saturated heterocycles. The molecule has 0 aromatic rings. The molecule has 70 valence electrons. The van der Waals surface area contributed by atoms with Crippen LogP contribution in [-0.2, 0) is 4.74 Å². The molecule has 1 atom stereocenters. The molecule has 0 saturated carbocycles. The Morgan fingerprint density at radius 3 is 2.58 bits per heavy atom. The standard InChI is InChI=1S/C9H18N2O/c1-5-7-8(6-2)12-9(10)11(3)4/h6,8,10H,2,5,7H2,1,3-4H3. The van der Waals surface area contributed by atoms with E-state index in [0.717, 1.165) is 12.8 Å². The highest BCUT2D eigenvalue weighted by Gasteiger charge is 2.07. The van der Waals surface area contributed by atoms with Crippen LogP contribution in [0.3, 0.4) is 0 Å². The smallest absolute Gasteiger partial charge is 0.284 e. The van der Waals surface area contributed by atoms with E-state index in [1.807, 2.05) is 0 Å². The second-order valence-corrected chi connectivity index (χ2v) is 2.88. The van der Waals surface area contributed by atoms with Crippen molar-refractivity contribution in [1.29, 1.82) is 5.41 Å². The SMILES string of the molecule is C=CC(CCC)OC(=N)N(C)C. The first-order chi connectivity index (χ1) is 5.61. The Labute approximate surface area is 74.5 Å². The van der Waals surface area contributed by atoms with Gasteiger partial charge in [-0.05, 0) is 6.42 Å². The number of hydrogen-bond acceptors (Lipinski definition) is 2. The molecule has 0 amide bonds. The van der Waals surface area contributed by atoms with Gasteiger partial charge in [-0.15, -0.1) is 0 Å². The third kappa shape index (κ3) is 4.01. The molecular weight excluding hydrogens is 152 g/mol. The van der Waals surface area contributed by atoms with Crippen molar-refractivity contribution in [1.82, 2.24) is 4.90 Å². The van der Waals surface area contributed by atoms with Crippen LogP contribution < -0.4 is 0 Å².